The van der Waals surface area contributed by atoms with Crippen molar-refractivity contribution in [2.45, 2.75) is 12.8 Å². The van der Waals surface area contributed by atoms with Crippen LogP contribution in [0.3, 0.4) is 0 Å². The van der Waals surface area contributed by atoms with Gasteiger partial charge in [-0.2, -0.15) is 18.1 Å². The Morgan fingerprint density at radius 1 is 1.19 bits per heavy atom. The van der Waals surface area contributed by atoms with E-state index >= 15 is 0 Å². The molecule has 0 saturated heterocycles. The van der Waals surface area contributed by atoms with Crippen molar-refractivity contribution in [1.29, 1.82) is 0 Å². The number of rotatable bonds is 3. The molecule has 0 aliphatic carbocycles. The summed E-state index contributed by atoms with van der Waals surface area (Å²) in [6.45, 7) is -0.387. The minimum Gasteiger partial charge on any atom is -0.288 e. The zero-order chi connectivity index (χ0) is 12.2. The molecule has 1 rings (SSSR count). The summed E-state index contributed by atoms with van der Waals surface area (Å²) in [6, 6.07) is 4.78. The van der Waals surface area contributed by atoms with Crippen molar-refractivity contribution in [2.75, 3.05) is 0 Å². The normalized spacial score (nSPS) is 11.2. The first kappa shape index (κ1) is 12.4. The first-order valence-corrected chi connectivity index (χ1v) is 4.04. The standard InChI is InChI=1S/C9H6F4O3/c10-7-3-1-6(2-4-7)5-15-16-8(14)9(11,12)13/h1-4H,5H2. The van der Waals surface area contributed by atoms with Crippen molar-refractivity contribution in [3.8, 4) is 0 Å². The molecule has 0 heterocycles. The second-order valence-electron chi connectivity index (χ2n) is 2.76. The van der Waals surface area contributed by atoms with Gasteiger partial charge in [0.1, 0.15) is 12.4 Å². The van der Waals surface area contributed by atoms with Crippen LogP contribution in [0.4, 0.5) is 17.6 Å². The number of benzene rings is 1. The van der Waals surface area contributed by atoms with Crippen LogP contribution in [0.2, 0.25) is 0 Å². The van der Waals surface area contributed by atoms with Crippen LogP contribution < -0.4 is 0 Å². The maximum Gasteiger partial charge on any atom is 0.494 e. The second-order valence-corrected chi connectivity index (χ2v) is 2.76. The van der Waals surface area contributed by atoms with Crippen molar-refractivity contribution < 1.29 is 32.1 Å². The summed E-state index contributed by atoms with van der Waals surface area (Å²) < 4.78 is 47.3. The van der Waals surface area contributed by atoms with E-state index in [0.717, 1.165) is 12.1 Å². The molecular weight excluding hydrogens is 232 g/mol. The first-order chi connectivity index (χ1) is 7.39. The molecule has 0 spiro atoms. The van der Waals surface area contributed by atoms with E-state index in [-0.39, 0.29) is 6.61 Å². The Bertz CT molecular complexity index is 358. The lowest BCUT2D eigenvalue weighted by molar-refractivity contribution is -0.307. The van der Waals surface area contributed by atoms with Gasteiger partial charge in [0.2, 0.25) is 0 Å². The summed E-state index contributed by atoms with van der Waals surface area (Å²) in [7, 11) is 0. The van der Waals surface area contributed by atoms with Gasteiger partial charge in [-0.25, -0.2) is 9.18 Å². The highest BCUT2D eigenvalue weighted by Crippen LogP contribution is 2.16. The average molecular weight is 238 g/mol. The minimum absolute atomic E-state index is 0.372. The van der Waals surface area contributed by atoms with Crippen molar-refractivity contribution in [2.24, 2.45) is 0 Å². The van der Waals surface area contributed by atoms with Crippen molar-refractivity contribution in [3.63, 3.8) is 0 Å². The molecule has 0 aliphatic heterocycles. The topological polar surface area (TPSA) is 35.5 Å². The Balaban J connectivity index is 2.36. The summed E-state index contributed by atoms with van der Waals surface area (Å²) in [6.07, 6.45) is -5.09. The van der Waals surface area contributed by atoms with Crippen molar-refractivity contribution in [1.82, 2.24) is 0 Å². The predicted octanol–water partition coefficient (Wildman–Crippen LogP) is 2.36. The lowest BCUT2D eigenvalue weighted by Gasteiger charge is -2.05. The van der Waals surface area contributed by atoms with Crippen molar-refractivity contribution in [3.05, 3.63) is 35.6 Å². The van der Waals surface area contributed by atoms with Gasteiger partial charge in [0.25, 0.3) is 0 Å². The molecule has 3 nitrogen and oxygen atoms in total. The molecule has 7 heteroatoms. The van der Waals surface area contributed by atoms with Gasteiger partial charge in [0.05, 0.1) is 0 Å². The molecule has 88 valence electrons. The molecule has 0 radical (unpaired) electrons. The van der Waals surface area contributed by atoms with E-state index in [0.29, 0.717) is 5.56 Å². The molecule has 0 unspecified atom stereocenters. The maximum atomic E-state index is 12.4. The van der Waals surface area contributed by atoms with E-state index in [1.54, 1.807) is 0 Å². The summed E-state index contributed by atoms with van der Waals surface area (Å²) in [5, 5.41) is 0. The Morgan fingerprint density at radius 3 is 2.25 bits per heavy atom. The molecule has 0 amide bonds. The quantitative estimate of drug-likeness (QED) is 0.460. The molecular formula is C9H6F4O3. The fourth-order valence-corrected chi connectivity index (χ4v) is 0.779. The average Bonchev–Trinajstić information content (AvgIpc) is 2.19. The van der Waals surface area contributed by atoms with E-state index in [1.807, 2.05) is 0 Å². The van der Waals surface area contributed by atoms with Gasteiger partial charge in [-0.05, 0) is 17.7 Å². The van der Waals surface area contributed by atoms with Crippen LogP contribution in [0.15, 0.2) is 24.3 Å². The minimum atomic E-state index is -5.09. The van der Waals surface area contributed by atoms with E-state index in [4.69, 9.17) is 0 Å². The highest BCUT2D eigenvalue weighted by molar-refractivity contribution is 5.74. The van der Waals surface area contributed by atoms with Gasteiger partial charge >= 0.3 is 12.1 Å². The van der Waals surface area contributed by atoms with Gasteiger partial charge in [-0.1, -0.05) is 12.1 Å². The number of alkyl halides is 3. The molecule has 0 aromatic heterocycles. The van der Waals surface area contributed by atoms with E-state index < -0.39 is 18.0 Å². The van der Waals surface area contributed by atoms with Gasteiger partial charge in [-0.3, -0.25) is 4.89 Å². The van der Waals surface area contributed by atoms with Crippen LogP contribution in [0.1, 0.15) is 5.56 Å². The summed E-state index contributed by atoms with van der Waals surface area (Å²) in [5.41, 5.74) is 0.372. The SMILES string of the molecule is O=C(OOCc1ccc(F)cc1)C(F)(F)F. The van der Waals surface area contributed by atoms with Crippen LogP contribution in [0.25, 0.3) is 0 Å². The molecule has 16 heavy (non-hydrogen) atoms. The van der Waals surface area contributed by atoms with Gasteiger partial charge in [-0.15, -0.1) is 0 Å². The van der Waals surface area contributed by atoms with E-state index in [2.05, 4.69) is 9.78 Å². The third kappa shape index (κ3) is 3.85. The van der Waals surface area contributed by atoms with Crippen LogP contribution in [-0.4, -0.2) is 12.1 Å². The first-order valence-electron chi connectivity index (χ1n) is 4.04. The highest BCUT2D eigenvalue weighted by atomic mass is 19.4. The van der Waals surface area contributed by atoms with Crippen LogP contribution in [0.5, 0.6) is 0 Å². The molecule has 0 fully saturated rings. The summed E-state index contributed by atoms with van der Waals surface area (Å²) in [4.78, 5) is 17.7. The van der Waals surface area contributed by atoms with Crippen LogP contribution in [-0.2, 0) is 21.2 Å². The van der Waals surface area contributed by atoms with Gasteiger partial charge < -0.3 is 0 Å². The summed E-state index contributed by atoms with van der Waals surface area (Å²) >= 11 is 0. The third-order valence-electron chi connectivity index (χ3n) is 1.50. The van der Waals surface area contributed by atoms with Crippen molar-refractivity contribution >= 4 is 5.97 Å². The lowest BCUT2D eigenvalue weighted by Crippen LogP contribution is -2.25. The number of hydrogen-bond donors (Lipinski definition) is 0. The molecule has 0 atom stereocenters. The maximum absolute atomic E-state index is 12.4. The predicted molar refractivity (Wildman–Crippen MR) is 43.3 cm³/mol. The Hall–Kier alpha value is -1.63. The largest absolute Gasteiger partial charge is 0.494 e. The molecule has 0 bridgehead atoms. The van der Waals surface area contributed by atoms with Crippen LogP contribution in [0, 0.1) is 5.82 Å². The zero-order valence-corrected chi connectivity index (χ0v) is 7.75. The van der Waals surface area contributed by atoms with E-state index in [1.165, 1.54) is 12.1 Å². The smallest absolute Gasteiger partial charge is 0.288 e. The zero-order valence-electron chi connectivity index (χ0n) is 7.75. The molecule has 0 N–H and O–H groups in total. The number of carbonyl (C=O) groups excluding carboxylic acids is 1. The summed E-state index contributed by atoms with van der Waals surface area (Å²) in [5.74, 6) is -2.93. The molecule has 1 aromatic rings. The number of halogens is 4. The molecule has 0 saturated carbocycles. The number of hydrogen-bond acceptors (Lipinski definition) is 3. The molecule has 0 aliphatic rings. The lowest BCUT2D eigenvalue weighted by atomic mass is 10.2. The Kier molecular flexibility index (Phi) is 3.83. The fourth-order valence-electron chi connectivity index (χ4n) is 0.779. The monoisotopic (exact) mass is 238 g/mol. The van der Waals surface area contributed by atoms with Gasteiger partial charge in [0, 0.05) is 0 Å². The highest BCUT2D eigenvalue weighted by Gasteiger charge is 2.42. The van der Waals surface area contributed by atoms with Crippen LogP contribution >= 0.6 is 0 Å². The van der Waals surface area contributed by atoms with E-state index in [9.17, 15) is 22.4 Å². The van der Waals surface area contributed by atoms with Gasteiger partial charge in [0.15, 0.2) is 0 Å². The second kappa shape index (κ2) is 4.93. The third-order valence-corrected chi connectivity index (χ3v) is 1.50. The molecule has 1 aromatic carbocycles. The number of carbonyl (C=O) groups is 1. The Morgan fingerprint density at radius 2 is 1.75 bits per heavy atom. The Labute approximate surface area is 87.5 Å². The fraction of sp³-hybridized carbons (Fsp3) is 0.222.